The number of carbonyl (C=O) groups excluding carboxylic acids is 1. The standard InChI is InChI=1S/C25H25NO3/c1-3-28-22-14-10-19(11-15-22)24(20-12-16-23(17-13-20)29-4-2)18-25(27)26-21-8-6-5-7-9-21/h5-18H,3-4H2,1-2H3,(H,26,27). The molecule has 3 aromatic carbocycles. The summed E-state index contributed by atoms with van der Waals surface area (Å²) in [7, 11) is 0. The zero-order chi connectivity index (χ0) is 20.5. The van der Waals surface area contributed by atoms with Crippen LogP contribution in [0.5, 0.6) is 11.5 Å². The molecule has 0 aliphatic rings. The third kappa shape index (κ3) is 5.72. The first-order chi connectivity index (χ1) is 14.2. The zero-order valence-electron chi connectivity index (χ0n) is 16.7. The van der Waals surface area contributed by atoms with Crippen molar-refractivity contribution in [3.05, 3.63) is 96.1 Å². The highest BCUT2D eigenvalue weighted by Gasteiger charge is 2.09. The number of para-hydroxylation sites is 1. The van der Waals surface area contributed by atoms with E-state index < -0.39 is 0 Å². The molecule has 3 rings (SSSR count). The van der Waals surface area contributed by atoms with E-state index >= 15 is 0 Å². The Kier molecular flexibility index (Phi) is 7.06. The molecule has 0 saturated heterocycles. The molecule has 0 unspecified atom stereocenters. The largest absolute Gasteiger partial charge is 0.494 e. The molecule has 29 heavy (non-hydrogen) atoms. The number of carbonyl (C=O) groups is 1. The summed E-state index contributed by atoms with van der Waals surface area (Å²) in [4.78, 5) is 12.7. The van der Waals surface area contributed by atoms with Gasteiger partial charge in [0.05, 0.1) is 13.2 Å². The summed E-state index contributed by atoms with van der Waals surface area (Å²) in [5, 5.41) is 2.91. The van der Waals surface area contributed by atoms with Crippen LogP contribution in [-0.2, 0) is 4.79 Å². The first-order valence-corrected chi connectivity index (χ1v) is 9.73. The quantitative estimate of drug-likeness (QED) is 0.515. The molecule has 0 radical (unpaired) electrons. The second-order valence-corrected chi connectivity index (χ2v) is 6.33. The second-order valence-electron chi connectivity index (χ2n) is 6.33. The van der Waals surface area contributed by atoms with Crippen molar-refractivity contribution >= 4 is 17.2 Å². The SMILES string of the molecule is CCOc1ccc(C(=CC(=O)Nc2ccccc2)c2ccc(OCC)cc2)cc1. The van der Waals surface area contributed by atoms with Crippen molar-refractivity contribution in [2.45, 2.75) is 13.8 Å². The summed E-state index contributed by atoms with van der Waals surface area (Å²) < 4.78 is 11.1. The first kappa shape index (κ1) is 20.2. The molecule has 0 aromatic heterocycles. The fraction of sp³-hybridized carbons (Fsp3) is 0.160. The van der Waals surface area contributed by atoms with Gasteiger partial charge in [0.2, 0.25) is 5.91 Å². The van der Waals surface area contributed by atoms with Crippen molar-refractivity contribution < 1.29 is 14.3 Å². The molecule has 3 aromatic rings. The van der Waals surface area contributed by atoms with Gasteiger partial charge in [-0.2, -0.15) is 0 Å². The van der Waals surface area contributed by atoms with Gasteiger partial charge in [0.25, 0.3) is 0 Å². The Labute approximate surface area is 171 Å². The van der Waals surface area contributed by atoms with Crippen LogP contribution >= 0.6 is 0 Å². The number of benzene rings is 3. The zero-order valence-corrected chi connectivity index (χ0v) is 16.7. The van der Waals surface area contributed by atoms with Crippen molar-refractivity contribution in [2.24, 2.45) is 0 Å². The van der Waals surface area contributed by atoms with Gasteiger partial charge in [-0.15, -0.1) is 0 Å². The highest BCUT2D eigenvalue weighted by atomic mass is 16.5. The Morgan fingerprint density at radius 3 is 1.69 bits per heavy atom. The third-order valence-electron chi connectivity index (χ3n) is 4.27. The molecule has 0 heterocycles. The molecule has 0 fully saturated rings. The predicted molar refractivity (Wildman–Crippen MR) is 117 cm³/mol. The number of nitrogens with one attached hydrogen (secondary N) is 1. The second kappa shape index (κ2) is 10.1. The fourth-order valence-electron chi connectivity index (χ4n) is 2.96. The van der Waals surface area contributed by atoms with Gasteiger partial charge in [-0.1, -0.05) is 42.5 Å². The van der Waals surface area contributed by atoms with E-state index in [0.717, 1.165) is 33.9 Å². The molecular weight excluding hydrogens is 362 g/mol. The normalized spacial score (nSPS) is 10.1. The number of anilines is 1. The number of hydrogen-bond acceptors (Lipinski definition) is 3. The summed E-state index contributed by atoms with van der Waals surface area (Å²) in [6.45, 7) is 5.13. The molecule has 0 atom stereocenters. The molecule has 0 saturated carbocycles. The lowest BCUT2D eigenvalue weighted by Gasteiger charge is -2.12. The number of ether oxygens (including phenoxy) is 2. The predicted octanol–water partition coefficient (Wildman–Crippen LogP) is 5.55. The molecule has 0 aliphatic heterocycles. The number of rotatable bonds is 8. The van der Waals surface area contributed by atoms with Gasteiger partial charge in [-0.05, 0) is 66.9 Å². The van der Waals surface area contributed by atoms with Crippen LogP contribution in [0.3, 0.4) is 0 Å². The molecule has 0 aliphatic carbocycles. The fourth-order valence-corrected chi connectivity index (χ4v) is 2.96. The lowest BCUT2D eigenvalue weighted by atomic mass is 9.97. The van der Waals surface area contributed by atoms with Crippen molar-refractivity contribution in [1.82, 2.24) is 0 Å². The molecular formula is C25H25NO3. The molecule has 4 nitrogen and oxygen atoms in total. The summed E-state index contributed by atoms with van der Waals surface area (Å²) in [5.74, 6) is 1.42. The van der Waals surface area contributed by atoms with Crippen LogP contribution in [0.15, 0.2) is 84.9 Å². The van der Waals surface area contributed by atoms with Gasteiger partial charge >= 0.3 is 0 Å². The van der Waals surface area contributed by atoms with Gasteiger partial charge < -0.3 is 14.8 Å². The van der Waals surface area contributed by atoms with E-state index in [-0.39, 0.29) is 5.91 Å². The van der Waals surface area contributed by atoms with Crippen molar-refractivity contribution in [3.63, 3.8) is 0 Å². The molecule has 1 N–H and O–H groups in total. The minimum absolute atomic E-state index is 0.186. The Morgan fingerprint density at radius 1 is 0.759 bits per heavy atom. The van der Waals surface area contributed by atoms with Crippen LogP contribution in [0, 0.1) is 0 Å². The van der Waals surface area contributed by atoms with Gasteiger partial charge in [0.1, 0.15) is 11.5 Å². The Morgan fingerprint density at radius 2 is 1.24 bits per heavy atom. The monoisotopic (exact) mass is 387 g/mol. The van der Waals surface area contributed by atoms with E-state index in [0.29, 0.717) is 13.2 Å². The summed E-state index contributed by atoms with van der Waals surface area (Å²) >= 11 is 0. The maximum absolute atomic E-state index is 12.7. The van der Waals surface area contributed by atoms with Crippen LogP contribution < -0.4 is 14.8 Å². The third-order valence-corrected chi connectivity index (χ3v) is 4.27. The Balaban J connectivity index is 1.92. The minimum Gasteiger partial charge on any atom is -0.494 e. The van der Waals surface area contributed by atoms with Gasteiger partial charge in [0, 0.05) is 11.8 Å². The van der Waals surface area contributed by atoms with E-state index in [2.05, 4.69) is 5.32 Å². The van der Waals surface area contributed by atoms with E-state index in [1.807, 2.05) is 92.7 Å². The molecule has 0 spiro atoms. The first-order valence-electron chi connectivity index (χ1n) is 9.73. The number of hydrogen-bond donors (Lipinski definition) is 1. The van der Waals surface area contributed by atoms with Crippen molar-refractivity contribution in [2.75, 3.05) is 18.5 Å². The summed E-state index contributed by atoms with van der Waals surface area (Å²) in [6.07, 6.45) is 1.62. The highest BCUT2D eigenvalue weighted by Crippen LogP contribution is 2.27. The summed E-state index contributed by atoms with van der Waals surface area (Å²) in [5.41, 5.74) is 3.44. The van der Waals surface area contributed by atoms with Crippen LogP contribution in [0.2, 0.25) is 0 Å². The van der Waals surface area contributed by atoms with Crippen LogP contribution in [0.4, 0.5) is 5.69 Å². The Hall–Kier alpha value is -3.53. The Bertz CT molecular complexity index is 894. The smallest absolute Gasteiger partial charge is 0.249 e. The minimum atomic E-state index is -0.186. The topological polar surface area (TPSA) is 47.6 Å². The van der Waals surface area contributed by atoms with Crippen molar-refractivity contribution in [1.29, 1.82) is 0 Å². The average Bonchev–Trinajstić information content (AvgIpc) is 2.75. The van der Waals surface area contributed by atoms with Crippen molar-refractivity contribution in [3.8, 4) is 11.5 Å². The van der Waals surface area contributed by atoms with Crippen LogP contribution in [0.25, 0.3) is 5.57 Å². The van der Waals surface area contributed by atoms with Gasteiger partial charge in [0.15, 0.2) is 0 Å². The maximum atomic E-state index is 12.7. The lowest BCUT2D eigenvalue weighted by Crippen LogP contribution is -2.09. The average molecular weight is 387 g/mol. The highest BCUT2D eigenvalue weighted by molar-refractivity contribution is 6.06. The molecule has 0 bridgehead atoms. The summed E-state index contributed by atoms with van der Waals surface area (Å²) in [6, 6.07) is 24.9. The molecule has 4 heteroatoms. The van der Waals surface area contributed by atoms with E-state index in [1.54, 1.807) is 6.08 Å². The maximum Gasteiger partial charge on any atom is 0.249 e. The van der Waals surface area contributed by atoms with Gasteiger partial charge in [-0.3, -0.25) is 4.79 Å². The van der Waals surface area contributed by atoms with Crippen LogP contribution in [0.1, 0.15) is 25.0 Å². The number of amides is 1. The van der Waals surface area contributed by atoms with E-state index in [1.165, 1.54) is 0 Å². The van der Waals surface area contributed by atoms with Crippen LogP contribution in [-0.4, -0.2) is 19.1 Å². The lowest BCUT2D eigenvalue weighted by molar-refractivity contribution is -0.111. The van der Waals surface area contributed by atoms with Gasteiger partial charge in [-0.25, -0.2) is 0 Å². The van der Waals surface area contributed by atoms with E-state index in [9.17, 15) is 4.79 Å². The molecule has 1 amide bonds. The molecule has 148 valence electrons. The van der Waals surface area contributed by atoms with E-state index in [4.69, 9.17) is 9.47 Å².